The minimum Gasteiger partial charge on any atom is -0.329 e. The van der Waals surface area contributed by atoms with Gasteiger partial charge in [0.1, 0.15) is 0 Å². The van der Waals surface area contributed by atoms with Crippen molar-refractivity contribution >= 4 is 32.6 Å². The third-order valence-corrected chi connectivity index (χ3v) is 5.50. The first kappa shape index (κ1) is 10.6. The Bertz CT molecular complexity index is 994. The van der Waals surface area contributed by atoms with Crippen LogP contribution < -0.4 is 4.57 Å². The molecular weight excluding hydrogens is 266 g/mol. The number of fused-ring (bicyclic) bond motifs is 7. The van der Waals surface area contributed by atoms with Crippen LogP contribution in [0, 0.1) is 0 Å². The van der Waals surface area contributed by atoms with Gasteiger partial charge < -0.3 is 4.57 Å². The Labute approximate surface area is 119 Å². The Kier molecular flexibility index (Phi) is 1.83. The van der Waals surface area contributed by atoms with Crippen molar-refractivity contribution in [1.82, 2.24) is 9.55 Å². The second kappa shape index (κ2) is 3.46. The zero-order valence-corrected chi connectivity index (χ0v) is 11.8. The van der Waals surface area contributed by atoms with Gasteiger partial charge in [-0.25, -0.2) is 0 Å². The SMILES string of the molecule is Cn1c2cnccc2c2c1sc1[n+]2Cc2ccccc2-1. The van der Waals surface area contributed by atoms with Crippen LogP contribution in [0.15, 0.2) is 42.7 Å². The molecule has 0 N–H and O–H groups in total. The number of hydrogen-bond acceptors (Lipinski definition) is 2. The van der Waals surface area contributed by atoms with Gasteiger partial charge in [0.25, 0.3) is 10.5 Å². The molecule has 3 aromatic heterocycles. The van der Waals surface area contributed by atoms with Crippen molar-refractivity contribution in [3.8, 4) is 10.6 Å². The topological polar surface area (TPSA) is 21.7 Å². The van der Waals surface area contributed by atoms with Crippen molar-refractivity contribution in [2.75, 3.05) is 0 Å². The van der Waals surface area contributed by atoms with Crippen LogP contribution in [0.5, 0.6) is 0 Å². The van der Waals surface area contributed by atoms with Gasteiger partial charge in [-0.3, -0.25) is 4.98 Å². The summed E-state index contributed by atoms with van der Waals surface area (Å²) < 4.78 is 4.71. The van der Waals surface area contributed by atoms with Crippen LogP contribution in [-0.2, 0) is 13.6 Å². The fraction of sp³-hybridized carbons (Fsp3) is 0.125. The number of pyridine rings is 1. The average molecular weight is 278 g/mol. The van der Waals surface area contributed by atoms with Crippen molar-refractivity contribution in [3.05, 3.63) is 48.3 Å². The molecule has 0 saturated heterocycles. The van der Waals surface area contributed by atoms with E-state index in [0.717, 1.165) is 6.54 Å². The van der Waals surface area contributed by atoms with Gasteiger partial charge in [0.15, 0.2) is 11.4 Å². The molecule has 0 spiro atoms. The number of benzene rings is 1. The smallest absolute Gasteiger partial charge is 0.272 e. The molecule has 0 saturated carbocycles. The quantitative estimate of drug-likeness (QED) is 0.399. The van der Waals surface area contributed by atoms with Gasteiger partial charge in [-0.1, -0.05) is 18.2 Å². The fourth-order valence-electron chi connectivity index (χ4n) is 3.25. The molecule has 5 rings (SSSR count). The first-order valence-electron chi connectivity index (χ1n) is 6.67. The molecule has 4 heteroatoms. The second-order valence-corrected chi connectivity index (χ2v) is 6.23. The monoisotopic (exact) mass is 278 g/mol. The van der Waals surface area contributed by atoms with Gasteiger partial charge in [0, 0.05) is 18.8 Å². The third kappa shape index (κ3) is 1.11. The highest BCUT2D eigenvalue weighted by Crippen LogP contribution is 2.38. The standard InChI is InChI=1S/C16H12N3S/c1-18-13-8-17-7-6-12(13)14-16(18)20-15-11-5-3-2-4-10(11)9-19(14)15/h2-8H,9H2,1H3/q+1. The van der Waals surface area contributed by atoms with Crippen molar-refractivity contribution in [1.29, 1.82) is 0 Å². The number of hydrogen-bond donors (Lipinski definition) is 0. The molecule has 20 heavy (non-hydrogen) atoms. The number of aromatic nitrogens is 3. The van der Waals surface area contributed by atoms with Crippen molar-refractivity contribution < 1.29 is 4.57 Å². The molecule has 3 nitrogen and oxygen atoms in total. The van der Waals surface area contributed by atoms with E-state index in [4.69, 9.17) is 0 Å². The lowest BCUT2D eigenvalue weighted by molar-refractivity contribution is -0.641. The second-order valence-electron chi connectivity index (χ2n) is 5.26. The third-order valence-electron chi connectivity index (χ3n) is 4.21. The summed E-state index contributed by atoms with van der Waals surface area (Å²) in [5.74, 6) is 0. The van der Waals surface area contributed by atoms with Crippen molar-refractivity contribution in [2.45, 2.75) is 6.54 Å². The van der Waals surface area contributed by atoms with Crippen LogP contribution in [0.1, 0.15) is 5.56 Å². The molecule has 0 amide bonds. The van der Waals surface area contributed by atoms with E-state index in [1.807, 2.05) is 23.7 Å². The summed E-state index contributed by atoms with van der Waals surface area (Å²) in [6, 6.07) is 10.8. The lowest BCUT2D eigenvalue weighted by atomic mass is 10.1. The molecule has 0 fully saturated rings. The number of rotatable bonds is 0. The van der Waals surface area contributed by atoms with E-state index in [1.54, 1.807) is 0 Å². The summed E-state index contributed by atoms with van der Waals surface area (Å²) >= 11 is 1.88. The van der Waals surface area contributed by atoms with E-state index in [0.29, 0.717) is 0 Å². The molecule has 0 aliphatic carbocycles. The van der Waals surface area contributed by atoms with Crippen LogP contribution in [0.4, 0.5) is 0 Å². The maximum atomic E-state index is 4.26. The molecule has 4 aromatic rings. The van der Waals surface area contributed by atoms with E-state index in [-0.39, 0.29) is 0 Å². The summed E-state index contributed by atoms with van der Waals surface area (Å²) in [5.41, 5.74) is 5.36. The number of aryl methyl sites for hydroxylation is 1. The average Bonchev–Trinajstić information content (AvgIpc) is 3.09. The fourth-order valence-corrected chi connectivity index (χ4v) is 4.56. The van der Waals surface area contributed by atoms with E-state index >= 15 is 0 Å². The van der Waals surface area contributed by atoms with E-state index in [9.17, 15) is 0 Å². The molecule has 0 radical (unpaired) electrons. The highest BCUT2D eigenvalue weighted by molar-refractivity contribution is 7.21. The molecule has 0 bridgehead atoms. The Hall–Kier alpha value is -2.20. The minimum absolute atomic E-state index is 0.979. The Morgan fingerprint density at radius 3 is 3.10 bits per heavy atom. The molecule has 1 aromatic carbocycles. The molecule has 96 valence electrons. The Balaban J connectivity index is 1.97. The van der Waals surface area contributed by atoms with Crippen molar-refractivity contribution in [3.63, 3.8) is 0 Å². The number of thiazole rings is 1. The lowest BCUT2D eigenvalue weighted by Gasteiger charge is -1.93. The molecular formula is C16H12N3S+. The molecule has 0 unspecified atom stereocenters. The van der Waals surface area contributed by atoms with Crippen LogP contribution >= 0.6 is 11.3 Å². The van der Waals surface area contributed by atoms with Gasteiger partial charge in [0.2, 0.25) is 0 Å². The van der Waals surface area contributed by atoms with Gasteiger partial charge in [0.05, 0.1) is 22.7 Å². The lowest BCUT2D eigenvalue weighted by Crippen LogP contribution is -2.30. The van der Waals surface area contributed by atoms with Gasteiger partial charge in [-0.15, -0.1) is 0 Å². The van der Waals surface area contributed by atoms with Gasteiger partial charge in [-0.2, -0.15) is 4.57 Å². The maximum absolute atomic E-state index is 4.26. The predicted molar refractivity (Wildman–Crippen MR) is 80.8 cm³/mol. The summed E-state index contributed by atoms with van der Waals surface area (Å²) in [7, 11) is 2.13. The summed E-state index contributed by atoms with van der Waals surface area (Å²) in [6.45, 7) is 0.979. The normalized spacial score (nSPS) is 13.1. The van der Waals surface area contributed by atoms with E-state index in [1.165, 1.54) is 37.4 Å². The van der Waals surface area contributed by atoms with E-state index < -0.39 is 0 Å². The van der Waals surface area contributed by atoms with Crippen LogP contribution in [0.25, 0.3) is 31.8 Å². The van der Waals surface area contributed by atoms with Crippen LogP contribution in [-0.4, -0.2) is 9.55 Å². The Morgan fingerprint density at radius 2 is 2.15 bits per heavy atom. The highest BCUT2D eigenvalue weighted by Gasteiger charge is 2.34. The molecule has 4 heterocycles. The Morgan fingerprint density at radius 1 is 1.25 bits per heavy atom. The summed E-state index contributed by atoms with van der Waals surface area (Å²) in [6.07, 6.45) is 3.84. The summed E-state index contributed by atoms with van der Waals surface area (Å²) in [4.78, 5) is 5.59. The maximum Gasteiger partial charge on any atom is 0.272 e. The van der Waals surface area contributed by atoms with Gasteiger partial charge >= 0.3 is 0 Å². The minimum atomic E-state index is 0.979. The zero-order chi connectivity index (χ0) is 13.3. The zero-order valence-electron chi connectivity index (χ0n) is 11.0. The predicted octanol–water partition coefficient (Wildman–Crippen LogP) is 3.10. The first-order valence-corrected chi connectivity index (χ1v) is 7.49. The first-order chi connectivity index (χ1) is 9.84. The van der Waals surface area contributed by atoms with Gasteiger partial charge in [-0.05, 0) is 23.5 Å². The summed E-state index contributed by atoms with van der Waals surface area (Å²) in [5, 5.41) is 2.67. The molecule has 1 aliphatic heterocycles. The highest BCUT2D eigenvalue weighted by atomic mass is 32.1. The van der Waals surface area contributed by atoms with Crippen LogP contribution in [0.2, 0.25) is 0 Å². The number of nitrogens with zero attached hydrogens (tertiary/aromatic N) is 3. The largest absolute Gasteiger partial charge is 0.329 e. The molecule has 1 aliphatic rings. The molecule has 0 atom stereocenters. The van der Waals surface area contributed by atoms with Crippen molar-refractivity contribution in [2.24, 2.45) is 7.05 Å². The van der Waals surface area contributed by atoms with E-state index in [2.05, 4.69) is 51.5 Å². The van der Waals surface area contributed by atoms with Crippen LogP contribution in [0.3, 0.4) is 0 Å².